The Morgan fingerprint density at radius 3 is 2.64 bits per heavy atom. The van der Waals surface area contributed by atoms with Gasteiger partial charge in [-0.05, 0) is 24.1 Å². The Hall–Kier alpha value is -0.700. The molecule has 0 unspecified atom stereocenters. The van der Waals surface area contributed by atoms with E-state index in [1.807, 2.05) is 0 Å². The molecule has 76 valence electrons. The topological polar surface area (TPSA) is 17.1 Å². The van der Waals surface area contributed by atoms with E-state index in [1.165, 1.54) is 6.07 Å². The molecule has 1 rings (SSSR count). The molecule has 0 spiro atoms. The summed E-state index contributed by atoms with van der Waals surface area (Å²) < 4.78 is 14.1. The lowest BCUT2D eigenvalue weighted by atomic mass is 9.87. The highest BCUT2D eigenvalue weighted by Crippen LogP contribution is 2.23. The molecular formula is C11H12BrFO. The zero-order valence-corrected chi connectivity index (χ0v) is 9.77. The van der Waals surface area contributed by atoms with Crippen LogP contribution in [0.15, 0.2) is 22.7 Å². The number of carbonyl (C=O) groups excluding carboxylic acids is 1. The lowest BCUT2D eigenvalue weighted by Crippen LogP contribution is -2.17. The van der Waals surface area contributed by atoms with Gasteiger partial charge in [0.1, 0.15) is 12.1 Å². The average Bonchev–Trinajstić information content (AvgIpc) is 2.10. The van der Waals surface area contributed by atoms with Gasteiger partial charge in [0, 0.05) is 9.89 Å². The standard InChI is InChI=1S/C11H12BrFO/c1-11(2,7-14)6-8-3-4-9(12)5-10(8)13/h3-5,7H,6H2,1-2H3. The fourth-order valence-electron chi connectivity index (χ4n) is 1.20. The van der Waals surface area contributed by atoms with Gasteiger partial charge in [0.15, 0.2) is 0 Å². The fraction of sp³-hybridized carbons (Fsp3) is 0.364. The second kappa shape index (κ2) is 4.22. The predicted molar refractivity (Wildman–Crippen MR) is 57.6 cm³/mol. The van der Waals surface area contributed by atoms with Gasteiger partial charge >= 0.3 is 0 Å². The third-order valence-electron chi connectivity index (χ3n) is 1.98. The van der Waals surface area contributed by atoms with Crippen LogP contribution in [0.25, 0.3) is 0 Å². The molecule has 1 nitrogen and oxygen atoms in total. The molecule has 0 aromatic heterocycles. The van der Waals surface area contributed by atoms with Crippen molar-refractivity contribution in [2.24, 2.45) is 5.41 Å². The van der Waals surface area contributed by atoms with Crippen LogP contribution in [0.2, 0.25) is 0 Å². The monoisotopic (exact) mass is 258 g/mol. The van der Waals surface area contributed by atoms with Crippen LogP contribution < -0.4 is 0 Å². The summed E-state index contributed by atoms with van der Waals surface area (Å²) in [7, 11) is 0. The Morgan fingerprint density at radius 2 is 2.14 bits per heavy atom. The first kappa shape index (κ1) is 11.4. The highest BCUT2D eigenvalue weighted by atomic mass is 79.9. The van der Waals surface area contributed by atoms with Gasteiger partial charge in [0.25, 0.3) is 0 Å². The van der Waals surface area contributed by atoms with Crippen molar-refractivity contribution in [3.05, 3.63) is 34.1 Å². The molecule has 0 fully saturated rings. The minimum absolute atomic E-state index is 0.269. The van der Waals surface area contributed by atoms with E-state index in [0.29, 0.717) is 16.5 Å². The predicted octanol–water partition coefficient (Wildman–Crippen LogP) is 3.36. The highest BCUT2D eigenvalue weighted by Gasteiger charge is 2.19. The Balaban J connectivity index is 2.92. The summed E-state index contributed by atoms with van der Waals surface area (Å²) in [5, 5.41) is 0. The number of rotatable bonds is 3. The molecule has 14 heavy (non-hydrogen) atoms. The summed E-state index contributed by atoms with van der Waals surface area (Å²) >= 11 is 3.18. The molecular weight excluding hydrogens is 247 g/mol. The lowest BCUT2D eigenvalue weighted by molar-refractivity contribution is -0.114. The van der Waals surface area contributed by atoms with E-state index in [2.05, 4.69) is 15.9 Å². The van der Waals surface area contributed by atoms with Crippen LogP contribution in [-0.2, 0) is 11.2 Å². The zero-order valence-electron chi connectivity index (χ0n) is 8.18. The lowest BCUT2D eigenvalue weighted by Gasteiger charge is -2.16. The maximum atomic E-state index is 13.4. The van der Waals surface area contributed by atoms with E-state index in [9.17, 15) is 9.18 Å². The first-order chi connectivity index (χ1) is 6.44. The van der Waals surface area contributed by atoms with Crippen molar-refractivity contribution in [1.29, 1.82) is 0 Å². The molecule has 1 aromatic carbocycles. The number of benzene rings is 1. The number of hydrogen-bond donors (Lipinski definition) is 0. The van der Waals surface area contributed by atoms with Gasteiger partial charge in [0.2, 0.25) is 0 Å². The minimum Gasteiger partial charge on any atom is -0.303 e. The van der Waals surface area contributed by atoms with Crippen molar-refractivity contribution in [2.45, 2.75) is 20.3 Å². The van der Waals surface area contributed by atoms with Crippen molar-refractivity contribution in [2.75, 3.05) is 0 Å². The van der Waals surface area contributed by atoms with Crippen LogP contribution in [0, 0.1) is 11.2 Å². The number of halogens is 2. The quantitative estimate of drug-likeness (QED) is 0.761. The second-order valence-corrected chi connectivity index (χ2v) is 4.93. The summed E-state index contributed by atoms with van der Waals surface area (Å²) in [6.07, 6.45) is 1.28. The van der Waals surface area contributed by atoms with Crippen LogP contribution in [0.5, 0.6) is 0 Å². The molecule has 0 bridgehead atoms. The van der Waals surface area contributed by atoms with Crippen LogP contribution in [0.1, 0.15) is 19.4 Å². The van der Waals surface area contributed by atoms with E-state index >= 15 is 0 Å². The summed E-state index contributed by atoms with van der Waals surface area (Å²) in [6, 6.07) is 4.89. The van der Waals surface area contributed by atoms with E-state index in [1.54, 1.807) is 26.0 Å². The van der Waals surface area contributed by atoms with Crippen molar-refractivity contribution in [3.63, 3.8) is 0 Å². The van der Waals surface area contributed by atoms with Crippen molar-refractivity contribution in [3.8, 4) is 0 Å². The summed E-state index contributed by atoms with van der Waals surface area (Å²) in [4.78, 5) is 10.7. The number of aldehydes is 1. The van der Waals surface area contributed by atoms with E-state index < -0.39 is 5.41 Å². The largest absolute Gasteiger partial charge is 0.303 e. The number of hydrogen-bond acceptors (Lipinski definition) is 1. The Kier molecular flexibility index (Phi) is 3.43. The number of carbonyl (C=O) groups is 1. The van der Waals surface area contributed by atoms with Crippen molar-refractivity contribution < 1.29 is 9.18 Å². The third-order valence-corrected chi connectivity index (χ3v) is 2.47. The molecule has 0 saturated carbocycles. The second-order valence-electron chi connectivity index (χ2n) is 4.02. The molecule has 0 aliphatic heterocycles. The Morgan fingerprint density at radius 1 is 1.50 bits per heavy atom. The molecule has 0 heterocycles. The smallest absolute Gasteiger partial charge is 0.127 e. The fourth-order valence-corrected chi connectivity index (χ4v) is 1.53. The van der Waals surface area contributed by atoms with Gasteiger partial charge in [-0.1, -0.05) is 35.8 Å². The van der Waals surface area contributed by atoms with Gasteiger partial charge in [-0.25, -0.2) is 4.39 Å². The third kappa shape index (κ3) is 2.91. The Bertz CT molecular complexity index is 347. The average molecular weight is 259 g/mol. The zero-order chi connectivity index (χ0) is 10.8. The van der Waals surface area contributed by atoms with Gasteiger partial charge in [-0.3, -0.25) is 0 Å². The van der Waals surface area contributed by atoms with Gasteiger partial charge in [-0.15, -0.1) is 0 Å². The van der Waals surface area contributed by atoms with Crippen LogP contribution in [-0.4, -0.2) is 6.29 Å². The molecule has 0 saturated heterocycles. The van der Waals surface area contributed by atoms with Crippen LogP contribution in [0.4, 0.5) is 4.39 Å². The van der Waals surface area contributed by atoms with Gasteiger partial charge < -0.3 is 4.79 Å². The van der Waals surface area contributed by atoms with Gasteiger partial charge in [0.05, 0.1) is 0 Å². The molecule has 0 aliphatic rings. The molecule has 0 amide bonds. The summed E-state index contributed by atoms with van der Waals surface area (Å²) in [5.41, 5.74) is 0.0691. The van der Waals surface area contributed by atoms with Crippen molar-refractivity contribution in [1.82, 2.24) is 0 Å². The maximum Gasteiger partial charge on any atom is 0.127 e. The molecule has 0 atom stereocenters. The normalized spacial score (nSPS) is 11.4. The first-order valence-electron chi connectivity index (χ1n) is 4.35. The van der Waals surface area contributed by atoms with E-state index in [-0.39, 0.29) is 5.82 Å². The molecule has 0 aliphatic carbocycles. The molecule has 3 heteroatoms. The molecule has 0 N–H and O–H groups in total. The Labute approximate surface area is 91.5 Å². The van der Waals surface area contributed by atoms with E-state index in [4.69, 9.17) is 0 Å². The first-order valence-corrected chi connectivity index (χ1v) is 5.14. The maximum absolute atomic E-state index is 13.4. The summed E-state index contributed by atoms with van der Waals surface area (Å²) in [6.45, 7) is 3.59. The minimum atomic E-state index is -0.505. The highest BCUT2D eigenvalue weighted by molar-refractivity contribution is 9.10. The molecule has 0 radical (unpaired) electrons. The van der Waals surface area contributed by atoms with Crippen LogP contribution in [0.3, 0.4) is 0 Å². The van der Waals surface area contributed by atoms with Crippen LogP contribution >= 0.6 is 15.9 Å². The summed E-state index contributed by atoms with van der Waals surface area (Å²) in [5.74, 6) is -0.269. The SMILES string of the molecule is CC(C)(C=O)Cc1ccc(Br)cc1F. The van der Waals surface area contributed by atoms with Crippen molar-refractivity contribution >= 4 is 22.2 Å². The molecule has 1 aromatic rings. The van der Waals surface area contributed by atoms with E-state index in [0.717, 1.165) is 6.29 Å². The van der Waals surface area contributed by atoms with Gasteiger partial charge in [-0.2, -0.15) is 0 Å².